The van der Waals surface area contributed by atoms with E-state index in [0.717, 1.165) is 12.8 Å². The van der Waals surface area contributed by atoms with Gasteiger partial charge in [-0.05, 0) is 25.3 Å². The molecule has 1 aliphatic heterocycles. The van der Waals surface area contributed by atoms with Crippen molar-refractivity contribution < 1.29 is 14.3 Å². The molecule has 7 nitrogen and oxygen atoms in total. The Labute approximate surface area is 130 Å². The van der Waals surface area contributed by atoms with Crippen LogP contribution in [0, 0.1) is 0 Å². The summed E-state index contributed by atoms with van der Waals surface area (Å²) in [4.78, 5) is 26.0. The number of nitrogens with zero attached hydrogens (tertiary/aromatic N) is 3. The standard InChI is InChI=1S/C15H24N4O3/c1-16-14(20)7-6-12-13(22-3)5-4-9-19(12)15(21)11-8-10-18(2)17-11/h8,10,12-13H,4-7,9H2,1-3H3,(H,16,20)/t12-,13-/m0/s1. The molecule has 0 aliphatic carbocycles. The molecule has 1 saturated heterocycles. The van der Waals surface area contributed by atoms with Gasteiger partial charge in [0.15, 0.2) is 0 Å². The van der Waals surface area contributed by atoms with E-state index < -0.39 is 0 Å². The molecule has 0 unspecified atom stereocenters. The number of methoxy groups -OCH3 is 1. The second-order valence-corrected chi connectivity index (χ2v) is 5.57. The number of hydrogen-bond acceptors (Lipinski definition) is 4. The van der Waals surface area contributed by atoms with Crippen molar-refractivity contribution in [3.05, 3.63) is 18.0 Å². The highest BCUT2D eigenvalue weighted by Gasteiger charge is 2.35. The number of carbonyl (C=O) groups is 2. The molecule has 1 aromatic heterocycles. The Kier molecular flexibility index (Phi) is 5.54. The van der Waals surface area contributed by atoms with Gasteiger partial charge in [0.2, 0.25) is 5.91 Å². The molecule has 1 aromatic rings. The lowest BCUT2D eigenvalue weighted by Gasteiger charge is -2.40. The third kappa shape index (κ3) is 3.65. The fraction of sp³-hybridized carbons (Fsp3) is 0.667. The summed E-state index contributed by atoms with van der Waals surface area (Å²) in [6, 6.07) is 1.62. The topological polar surface area (TPSA) is 76.5 Å². The maximum absolute atomic E-state index is 12.7. The molecule has 0 aromatic carbocycles. The minimum absolute atomic E-state index is 0.0225. The average molecular weight is 308 g/mol. The second kappa shape index (κ2) is 7.40. The van der Waals surface area contributed by atoms with Gasteiger partial charge >= 0.3 is 0 Å². The van der Waals surface area contributed by atoms with Crippen LogP contribution in [0.2, 0.25) is 0 Å². The molecule has 22 heavy (non-hydrogen) atoms. The largest absolute Gasteiger partial charge is 0.379 e. The van der Waals surface area contributed by atoms with Crippen molar-refractivity contribution in [1.82, 2.24) is 20.0 Å². The zero-order valence-corrected chi connectivity index (χ0v) is 13.4. The van der Waals surface area contributed by atoms with E-state index in [-0.39, 0.29) is 24.0 Å². The van der Waals surface area contributed by atoms with Crippen LogP contribution in [0.5, 0.6) is 0 Å². The normalized spacial score (nSPS) is 21.7. The molecule has 2 amide bonds. The maximum Gasteiger partial charge on any atom is 0.274 e. The summed E-state index contributed by atoms with van der Waals surface area (Å²) in [7, 11) is 5.06. The lowest BCUT2D eigenvalue weighted by molar-refractivity contribution is -0.121. The van der Waals surface area contributed by atoms with Crippen molar-refractivity contribution in [3.63, 3.8) is 0 Å². The van der Waals surface area contributed by atoms with Crippen LogP contribution in [-0.2, 0) is 16.6 Å². The van der Waals surface area contributed by atoms with Crippen molar-refractivity contribution >= 4 is 11.8 Å². The molecule has 1 aliphatic rings. The van der Waals surface area contributed by atoms with E-state index >= 15 is 0 Å². The van der Waals surface area contributed by atoms with Gasteiger partial charge in [0.05, 0.1) is 12.1 Å². The van der Waals surface area contributed by atoms with Gasteiger partial charge in [-0.2, -0.15) is 5.10 Å². The highest BCUT2D eigenvalue weighted by atomic mass is 16.5. The van der Waals surface area contributed by atoms with Gasteiger partial charge in [-0.15, -0.1) is 0 Å². The van der Waals surface area contributed by atoms with E-state index in [1.807, 2.05) is 4.90 Å². The van der Waals surface area contributed by atoms with E-state index in [1.165, 1.54) is 0 Å². The number of likely N-dealkylation sites (tertiary alicyclic amines) is 1. The van der Waals surface area contributed by atoms with Crippen LogP contribution in [0.15, 0.2) is 12.3 Å². The number of amides is 2. The monoisotopic (exact) mass is 308 g/mol. The maximum atomic E-state index is 12.7. The van der Waals surface area contributed by atoms with Crippen LogP contribution in [0.3, 0.4) is 0 Å². The van der Waals surface area contributed by atoms with Crippen molar-refractivity contribution in [1.29, 1.82) is 0 Å². The van der Waals surface area contributed by atoms with E-state index in [1.54, 1.807) is 38.2 Å². The summed E-state index contributed by atoms with van der Waals surface area (Å²) >= 11 is 0. The Morgan fingerprint density at radius 1 is 1.50 bits per heavy atom. The predicted molar refractivity (Wildman–Crippen MR) is 81.4 cm³/mol. The Hall–Kier alpha value is -1.89. The van der Waals surface area contributed by atoms with Crippen LogP contribution in [-0.4, -0.2) is 59.3 Å². The molecule has 122 valence electrons. The first-order valence-electron chi connectivity index (χ1n) is 7.60. The lowest BCUT2D eigenvalue weighted by Crippen LogP contribution is -2.52. The van der Waals surface area contributed by atoms with Gasteiger partial charge in [-0.3, -0.25) is 14.3 Å². The van der Waals surface area contributed by atoms with Gasteiger partial charge in [-0.25, -0.2) is 0 Å². The molecule has 0 saturated carbocycles. The molecular weight excluding hydrogens is 284 g/mol. The van der Waals surface area contributed by atoms with E-state index in [4.69, 9.17) is 4.74 Å². The molecule has 1 N–H and O–H groups in total. The Morgan fingerprint density at radius 3 is 2.86 bits per heavy atom. The minimum Gasteiger partial charge on any atom is -0.379 e. The fourth-order valence-corrected chi connectivity index (χ4v) is 2.97. The van der Waals surface area contributed by atoms with Crippen molar-refractivity contribution in [3.8, 4) is 0 Å². The van der Waals surface area contributed by atoms with Crippen molar-refractivity contribution in [2.45, 2.75) is 37.8 Å². The van der Waals surface area contributed by atoms with Crippen molar-refractivity contribution in [2.24, 2.45) is 7.05 Å². The highest BCUT2D eigenvalue weighted by molar-refractivity contribution is 5.92. The summed E-state index contributed by atoms with van der Waals surface area (Å²) in [5, 5.41) is 6.81. The molecular formula is C15H24N4O3. The molecule has 2 rings (SSSR count). The Bertz CT molecular complexity index is 529. The molecule has 0 spiro atoms. The number of piperidine rings is 1. The minimum atomic E-state index is -0.0933. The summed E-state index contributed by atoms with van der Waals surface area (Å²) in [5.41, 5.74) is 0.434. The predicted octanol–water partition coefficient (Wildman–Crippen LogP) is 0.566. The van der Waals surface area contributed by atoms with Crippen molar-refractivity contribution in [2.75, 3.05) is 20.7 Å². The smallest absolute Gasteiger partial charge is 0.274 e. The first-order valence-corrected chi connectivity index (χ1v) is 7.60. The zero-order valence-electron chi connectivity index (χ0n) is 13.4. The molecule has 2 heterocycles. The highest BCUT2D eigenvalue weighted by Crippen LogP contribution is 2.25. The SMILES string of the molecule is CNC(=O)CC[C@H]1[C@@H](OC)CCCN1C(=O)c1ccn(C)n1. The van der Waals surface area contributed by atoms with Crippen LogP contribution >= 0.6 is 0 Å². The quantitative estimate of drug-likeness (QED) is 0.862. The summed E-state index contributed by atoms with van der Waals surface area (Å²) in [5.74, 6) is -0.116. The first kappa shape index (κ1) is 16.5. The average Bonchev–Trinajstić information content (AvgIpc) is 2.97. The zero-order chi connectivity index (χ0) is 16.1. The number of rotatable bonds is 5. The number of hydrogen-bond donors (Lipinski definition) is 1. The number of carbonyl (C=O) groups excluding carboxylic acids is 2. The Balaban J connectivity index is 2.14. The second-order valence-electron chi connectivity index (χ2n) is 5.57. The van der Waals surface area contributed by atoms with Crippen LogP contribution in [0.25, 0.3) is 0 Å². The number of aryl methyl sites for hydroxylation is 1. The summed E-state index contributed by atoms with van der Waals surface area (Å²) in [6.07, 6.45) is 4.49. The van der Waals surface area contributed by atoms with Gasteiger partial charge in [0.1, 0.15) is 5.69 Å². The van der Waals surface area contributed by atoms with Gasteiger partial charge in [0.25, 0.3) is 5.91 Å². The van der Waals surface area contributed by atoms with Gasteiger partial charge in [-0.1, -0.05) is 0 Å². The van der Waals surface area contributed by atoms with Gasteiger partial charge < -0.3 is 15.0 Å². The van der Waals surface area contributed by atoms with E-state index in [9.17, 15) is 9.59 Å². The van der Waals surface area contributed by atoms with Crippen LogP contribution in [0.4, 0.5) is 0 Å². The molecule has 7 heteroatoms. The Morgan fingerprint density at radius 2 is 2.27 bits per heavy atom. The summed E-state index contributed by atoms with van der Waals surface area (Å²) < 4.78 is 7.16. The summed E-state index contributed by atoms with van der Waals surface area (Å²) in [6.45, 7) is 0.674. The van der Waals surface area contributed by atoms with E-state index in [2.05, 4.69) is 10.4 Å². The van der Waals surface area contributed by atoms with Crippen LogP contribution < -0.4 is 5.32 Å². The molecule has 0 radical (unpaired) electrons. The molecule has 0 bridgehead atoms. The lowest BCUT2D eigenvalue weighted by atomic mass is 9.94. The number of ether oxygens (including phenoxy) is 1. The molecule has 1 fully saturated rings. The first-order chi connectivity index (χ1) is 10.6. The third-order valence-corrected chi connectivity index (χ3v) is 4.16. The number of nitrogens with one attached hydrogen (secondary N) is 1. The fourth-order valence-electron chi connectivity index (χ4n) is 2.97. The van der Waals surface area contributed by atoms with E-state index in [0.29, 0.717) is 25.1 Å². The number of aromatic nitrogens is 2. The van der Waals surface area contributed by atoms with Gasteiger partial charge in [0, 0.05) is 40.4 Å². The van der Waals surface area contributed by atoms with Crippen LogP contribution in [0.1, 0.15) is 36.2 Å². The molecule has 2 atom stereocenters. The third-order valence-electron chi connectivity index (χ3n) is 4.16.